The van der Waals surface area contributed by atoms with Crippen LogP contribution in [0.2, 0.25) is 0 Å². The van der Waals surface area contributed by atoms with Gasteiger partial charge in [0, 0.05) is 51.6 Å². The second kappa shape index (κ2) is 10.8. The fraction of sp³-hybridized carbons (Fsp3) is 0.885. The van der Waals surface area contributed by atoms with E-state index in [1.54, 1.807) is 6.92 Å². The SMILES string of the molecule is CC(=O)N1C2CCC(C3CCC(C(=O)N4CCNCC4)CC3)CC2N(C(=O)OC(C)C)C[C@@H]1C. The second-order valence-electron chi connectivity index (χ2n) is 11.3. The zero-order valence-electron chi connectivity index (χ0n) is 21.5. The van der Waals surface area contributed by atoms with Crippen molar-refractivity contribution in [3.8, 4) is 0 Å². The summed E-state index contributed by atoms with van der Waals surface area (Å²) < 4.78 is 5.60. The van der Waals surface area contributed by atoms with Gasteiger partial charge in [0.25, 0.3) is 0 Å². The zero-order valence-corrected chi connectivity index (χ0v) is 21.5. The molecule has 3 amide bonds. The molecule has 2 heterocycles. The van der Waals surface area contributed by atoms with Crippen LogP contribution in [0, 0.1) is 17.8 Å². The smallest absolute Gasteiger partial charge is 0.410 e. The van der Waals surface area contributed by atoms with Gasteiger partial charge in [-0.25, -0.2) is 4.79 Å². The summed E-state index contributed by atoms with van der Waals surface area (Å²) >= 11 is 0. The Hall–Kier alpha value is -1.83. The lowest BCUT2D eigenvalue weighted by Crippen LogP contribution is -2.67. The summed E-state index contributed by atoms with van der Waals surface area (Å²) in [6, 6.07) is 0.0922. The third-order valence-corrected chi connectivity index (χ3v) is 8.67. The maximum absolute atomic E-state index is 13.0. The van der Waals surface area contributed by atoms with Crippen LogP contribution in [0.5, 0.6) is 0 Å². The molecule has 0 spiro atoms. The molecule has 1 N–H and O–H groups in total. The Morgan fingerprint density at radius 2 is 1.56 bits per heavy atom. The van der Waals surface area contributed by atoms with E-state index in [4.69, 9.17) is 4.74 Å². The molecule has 0 aromatic heterocycles. The fourth-order valence-corrected chi connectivity index (χ4v) is 7.09. The van der Waals surface area contributed by atoms with Crippen molar-refractivity contribution in [2.45, 2.75) is 96.9 Å². The van der Waals surface area contributed by atoms with E-state index in [-0.39, 0.29) is 42.1 Å². The molecule has 4 rings (SSSR count). The van der Waals surface area contributed by atoms with Crippen LogP contribution in [0.3, 0.4) is 0 Å². The molecule has 8 nitrogen and oxygen atoms in total. The standard InChI is InChI=1S/C26H44N4O4/c1-17(2)34-26(33)29-16-18(3)30(19(4)31)23-10-9-22(15-24(23)29)20-5-7-21(8-6-20)25(32)28-13-11-27-12-14-28/h17-18,20-24,27H,5-16H2,1-4H3/t18-,20?,21?,22?,23?,24?/m0/s1. The molecular weight excluding hydrogens is 432 g/mol. The zero-order chi connectivity index (χ0) is 24.4. The molecule has 192 valence electrons. The molecule has 4 atom stereocenters. The van der Waals surface area contributed by atoms with Gasteiger partial charge in [0.1, 0.15) is 0 Å². The molecule has 4 fully saturated rings. The number of hydrogen-bond donors (Lipinski definition) is 1. The van der Waals surface area contributed by atoms with Crippen molar-refractivity contribution in [1.29, 1.82) is 0 Å². The van der Waals surface area contributed by atoms with Crippen molar-refractivity contribution in [3.63, 3.8) is 0 Å². The first-order chi connectivity index (χ1) is 16.3. The highest BCUT2D eigenvalue weighted by Gasteiger charge is 2.48. The Morgan fingerprint density at radius 3 is 2.18 bits per heavy atom. The van der Waals surface area contributed by atoms with E-state index in [1.807, 2.05) is 35.5 Å². The molecule has 2 saturated heterocycles. The van der Waals surface area contributed by atoms with Gasteiger partial charge in [-0.05, 0) is 77.6 Å². The monoisotopic (exact) mass is 476 g/mol. The van der Waals surface area contributed by atoms with E-state index < -0.39 is 0 Å². The van der Waals surface area contributed by atoms with Gasteiger partial charge in [0.05, 0.1) is 18.2 Å². The van der Waals surface area contributed by atoms with Crippen LogP contribution < -0.4 is 5.32 Å². The molecule has 34 heavy (non-hydrogen) atoms. The number of hydrogen-bond acceptors (Lipinski definition) is 5. The topological polar surface area (TPSA) is 82.2 Å². The highest BCUT2D eigenvalue weighted by atomic mass is 16.6. The van der Waals surface area contributed by atoms with Gasteiger partial charge in [-0.1, -0.05) is 0 Å². The second-order valence-corrected chi connectivity index (χ2v) is 11.3. The lowest BCUT2D eigenvalue weighted by Gasteiger charge is -2.54. The van der Waals surface area contributed by atoms with Crippen molar-refractivity contribution < 1.29 is 19.1 Å². The van der Waals surface area contributed by atoms with Crippen LogP contribution in [0.15, 0.2) is 0 Å². The number of nitrogens with zero attached hydrogens (tertiary/aromatic N) is 3. The van der Waals surface area contributed by atoms with E-state index in [0.717, 1.165) is 71.1 Å². The first-order valence-electron chi connectivity index (χ1n) is 13.5. The molecular formula is C26H44N4O4. The van der Waals surface area contributed by atoms with Crippen LogP contribution in [-0.2, 0) is 14.3 Å². The normalized spacial score (nSPS) is 34.6. The summed E-state index contributed by atoms with van der Waals surface area (Å²) in [5.74, 6) is 1.76. The molecule has 2 aliphatic heterocycles. The summed E-state index contributed by atoms with van der Waals surface area (Å²) in [6.07, 6.45) is 6.69. The molecule has 8 heteroatoms. The first-order valence-corrected chi connectivity index (χ1v) is 13.5. The molecule has 0 radical (unpaired) electrons. The molecule has 0 aromatic carbocycles. The van der Waals surface area contributed by atoms with Crippen molar-refractivity contribution in [3.05, 3.63) is 0 Å². The summed E-state index contributed by atoms with van der Waals surface area (Å²) in [7, 11) is 0. The predicted octanol–water partition coefficient (Wildman–Crippen LogP) is 2.86. The number of nitrogens with one attached hydrogen (secondary N) is 1. The van der Waals surface area contributed by atoms with Gasteiger partial charge in [-0.2, -0.15) is 0 Å². The van der Waals surface area contributed by atoms with Crippen molar-refractivity contribution >= 4 is 17.9 Å². The van der Waals surface area contributed by atoms with E-state index >= 15 is 0 Å². The van der Waals surface area contributed by atoms with Crippen molar-refractivity contribution in [2.75, 3.05) is 32.7 Å². The Balaban J connectivity index is 1.40. The van der Waals surface area contributed by atoms with E-state index in [2.05, 4.69) is 5.32 Å². The van der Waals surface area contributed by atoms with Gasteiger partial charge < -0.3 is 24.8 Å². The summed E-state index contributed by atoms with van der Waals surface area (Å²) in [5, 5.41) is 3.32. The summed E-state index contributed by atoms with van der Waals surface area (Å²) in [6.45, 7) is 11.5. The van der Waals surface area contributed by atoms with Crippen LogP contribution in [0.25, 0.3) is 0 Å². The Morgan fingerprint density at radius 1 is 0.912 bits per heavy atom. The largest absolute Gasteiger partial charge is 0.447 e. The van der Waals surface area contributed by atoms with E-state index in [9.17, 15) is 14.4 Å². The van der Waals surface area contributed by atoms with Crippen molar-refractivity contribution in [1.82, 2.24) is 20.0 Å². The third-order valence-electron chi connectivity index (χ3n) is 8.67. The van der Waals surface area contributed by atoms with Gasteiger partial charge in [0.15, 0.2) is 0 Å². The lowest BCUT2D eigenvalue weighted by atomic mass is 9.68. The minimum atomic E-state index is -0.244. The number of amides is 3. The molecule has 0 bridgehead atoms. The van der Waals surface area contributed by atoms with Gasteiger partial charge >= 0.3 is 6.09 Å². The number of carbonyl (C=O) groups is 3. The summed E-state index contributed by atoms with van der Waals surface area (Å²) in [5.41, 5.74) is 0. The Bertz CT molecular complexity index is 745. The van der Waals surface area contributed by atoms with Crippen LogP contribution in [-0.4, -0.2) is 89.6 Å². The summed E-state index contributed by atoms with van der Waals surface area (Å²) in [4.78, 5) is 44.4. The number of carbonyl (C=O) groups excluding carboxylic acids is 3. The minimum Gasteiger partial charge on any atom is -0.447 e. The predicted molar refractivity (Wildman–Crippen MR) is 130 cm³/mol. The van der Waals surface area contributed by atoms with Gasteiger partial charge in [0.2, 0.25) is 11.8 Å². The maximum atomic E-state index is 13.0. The van der Waals surface area contributed by atoms with E-state index in [0.29, 0.717) is 24.3 Å². The quantitative estimate of drug-likeness (QED) is 0.677. The average molecular weight is 477 g/mol. The maximum Gasteiger partial charge on any atom is 0.410 e. The Labute approximate surface area is 204 Å². The minimum absolute atomic E-state index is 0.00134. The van der Waals surface area contributed by atoms with E-state index in [1.165, 1.54) is 0 Å². The third kappa shape index (κ3) is 5.37. The molecule has 3 unspecified atom stereocenters. The number of rotatable bonds is 3. The van der Waals surface area contributed by atoms with Gasteiger partial charge in [-0.15, -0.1) is 0 Å². The van der Waals surface area contributed by atoms with Crippen LogP contribution in [0.1, 0.15) is 72.6 Å². The fourth-order valence-electron chi connectivity index (χ4n) is 7.09. The van der Waals surface area contributed by atoms with Crippen LogP contribution >= 0.6 is 0 Å². The highest BCUT2D eigenvalue weighted by Crippen LogP contribution is 2.44. The molecule has 4 aliphatic rings. The molecule has 2 aliphatic carbocycles. The average Bonchev–Trinajstić information content (AvgIpc) is 2.82. The number of fused-ring (bicyclic) bond motifs is 1. The molecule has 0 aromatic rings. The van der Waals surface area contributed by atoms with Gasteiger partial charge in [-0.3, -0.25) is 9.59 Å². The Kier molecular flexibility index (Phi) is 8.05. The first kappa shape index (κ1) is 25.3. The van der Waals surface area contributed by atoms with Crippen molar-refractivity contribution in [2.24, 2.45) is 17.8 Å². The number of piperazine rings is 2. The molecule has 2 saturated carbocycles. The number of ether oxygens (including phenoxy) is 1. The highest BCUT2D eigenvalue weighted by molar-refractivity contribution is 5.79. The van der Waals surface area contributed by atoms with Crippen LogP contribution in [0.4, 0.5) is 4.79 Å². The lowest BCUT2D eigenvalue weighted by molar-refractivity contribution is -0.142.